The normalized spacial score (nSPS) is 17.2. The van der Waals surface area contributed by atoms with Crippen molar-refractivity contribution in [1.29, 1.82) is 0 Å². The minimum absolute atomic E-state index is 0.284. The summed E-state index contributed by atoms with van der Waals surface area (Å²) in [5, 5.41) is 0.999. The van der Waals surface area contributed by atoms with E-state index in [4.69, 9.17) is 4.74 Å². The molecule has 23 heavy (non-hydrogen) atoms. The molecule has 1 unspecified atom stereocenters. The minimum atomic E-state index is -3.46. The summed E-state index contributed by atoms with van der Waals surface area (Å²) in [6.45, 7) is 4.57. The minimum Gasteiger partial charge on any atom is -0.490 e. The Morgan fingerprint density at radius 2 is 1.70 bits per heavy atom. The first-order valence-electron chi connectivity index (χ1n) is 8.11. The molecule has 1 aliphatic carbocycles. The maximum Gasteiger partial charge on any atom is 0.242 e. The number of benzene rings is 1. The predicted molar refractivity (Wildman–Crippen MR) is 91.5 cm³/mol. The number of anilines is 1. The van der Waals surface area contributed by atoms with E-state index >= 15 is 0 Å². The first-order chi connectivity index (χ1) is 10.8. The molecule has 0 spiro atoms. The van der Waals surface area contributed by atoms with Gasteiger partial charge in [0.2, 0.25) is 5.91 Å². The maximum atomic E-state index is 12.1. The Kier molecular flexibility index (Phi) is 5.68. The van der Waals surface area contributed by atoms with Crippen molar-refractivity contribution in [3.05, 3.63) is 24.3 Å². The Labute approximate surface area is 138 Å². The van der Waals surface area contributed by atoms with Gasteiger partial charge in [-0.15, -0.1) is 0 Å². The average Bonchev–Trinajstić information content (AvgIpc) is 3.01. The molecule has 1 aromatic carbocycles. The predicted octanol–water partition coefficient (Wildman–Crippen LogP) is 3.16. The van der Waals surface area contributed by atoms with E-state index in [9.17, 15) is 13.2 Å². The van der Waals surface area contributed by atoms with E-state index in [0.29, 0.717) is 5.69 Å². The second-order valence-corrected chi connectivity index (χ2v) is 9.15. The van der Waals surface area contributed by atoms with Crippen molar-refractivity contribution < 1.29 is 17.9 Å². The number of hydrogen-bond acceptors (Lipinski definition) is 4. The number of amides is 1. The van der Waals surface area contributed by atoms with Gasteiger partial charge in [0.1, 0.15) is 11.0 Å². The first-order valence-corrected chi connectivity index (χ1v) is 9.72. The highest BCUT2D eigenvalue weighted by Gasteiger charge is 2.30. The molecule has 1 aromatic rings. The van der Waals surface area contributed by atoms with Crippen molar-refractivity contribution in [2.24, 2.45) is 0 Å². The van der Waals surface area contributed by atoms with E-state index < -0.39 is 26.2 Å². The van der Waals surface area contributed by atoms with Gasteiger partial charge in [-0.05, 0) is 70.7 Å². The van der Waals surface area contributed by atoms with Crippen molar-refractivity contribution in [3.63, 3.8) is 0 Å². The lowest BCUT2D eigenvalue weighted by molar-refractivity contribution is -0.115. The van der Waals surface area contributed by atoms with Gasteiger partial charge in [-0.2, -0.15) is 0 Å². The summed E-state index contributed by atoms with van der Waals surface area (Å²) < 4.78 is 29.9. The third-order valence-electron chi connectivity index (χ3n) is 4.25. The Bertz CT molecular complexity index is 631. The van der Waals surface area contributed by atoms with Crippen molar-refractivity contribution in [2.45, 2.75) is 63.1 Å². The van der Waals surface area contributed by atoms with Crippen LogP contribution in [0.2, 0.25) is 0 Å². The second-order valence-electron chi connectivity index (χ2n) is 6.32. The number of hydrogen-bond donors (Lipinski definition) is 1. The monoisotopic (exact) mass is 339 g/mol. The van der Waals surface area contributed by atoms with E-state index in [2.05, 4.69) is 5.32 Å². The Morgan fingerprint density at radius 3 is 2.22 bits per heavy atom. The van der Waals surface area contributed by atoms with Crippen molar-refractivity contribution in [1.82, 2.24) is 0 Å². The second kappa shape index (κ2) is 7.34. The summed E-state index contributed by atoms with van der Waals surface area (Å²) in [6.07, 6.45) is 4.88. The number of sulfone groups is 1. The van der Waals surface area contributed by atoms with Gasteiger partial charge in [0.15, 0.2) is 9.84 Å². The molecule has 6 heteroatoms. The van der Waals surface area contributed by atoms with E-state index in [1.807, 2.05) is 0 Å². The van der Waals surface area contributed by atoms with Gasteiger partial charge in [-0.3, -0.25) is 4.79 Å². The summed E-state index contributed by atoms with van der Waals surface area (Å²) in [7, 11) is -3.46. The van der Waals surface area contributed by atoms with Crippen molar-refractivity contribution in [3.8, 4) is 5.75 Å². The van der Waals surface area contributed by atoms with Gasteiger partial charge < -0.3 is 10.1 Å². The highest BCUT2D eigenvalue weighted by atomic mass is 32.2. The van der Waals surface area contributed by atoms with Crippen LogP contribution < -0.4 is 10.1 Å². The van der Waals surface area contributed by atoms with E-state index in [1.165, 1.54) is 19.8 Å². The molecule has 0 heterocycles. The quantitative estimate of drug-likeness (QED) is 0.864. The van der Waals surface area contributed by atoms with Crippen molar-refractivity contribution >= 4 is 21.4 Å². The molecule has 1 atom stereocenters. The Morgan fingerprint density at radius 1 is 1.13 bits per heavy atom. The molecule has 1 N–H and O–H groups in total. The molecule has 1 amide bonds. The summed E-state index contributed by atoms with van der Waals surface area (Å²) in [5.74, 6) is 0.265. The van der Waals surface area contributed by atoms with Crippen LogP contribution in [0.15, 0.2) is 24.3 Å². The summed E-state index contributed by atoms with van der Waals surface area (Å²) in [6, 6.07) is 7.07. The van der Waals surface area contributed by atoms with Gasteiger partial charge in [0.25, 0.3) is 0 Å². The van der Waals surface area contributed by atoms with Crippen LogP contribution in [-0.4, -0.2) is 30.9 Å². The van der Waals surface area contributed by atoms with Gasteiger partial charge >= 0.3 is 0 Å². The van der Waals surface area contributed by atoms with E-state index in [-0.39, 0.29) is 6.10 Å². The maximum absolute atomic E-state index is 12.1. The number of ether oxygens (including phenoxy) is 1. The van der Waals surface area contributed by atoms with Crippen LogP contribution in [0.4, 0.5) is 5.69 Å². The van der Waals surface area contributed by atoms with E-state index in [1.54, 1.807) is 38.1 Å². The lowest BCUT2D eigenvalue weighted by atomic mass is 10.2. The standard InChI is InChI=1S/C17H25NO4S/c1-12(2)23(20,21)13(3)17(19)18-14-8-10-16(11-9-14)22-15-6-4-5-7-15/h8-13,15H,4-7H2,1-3H3,(H,18,19). The largest absolute Gasteiger partial charge is 0.490 e. The van der Waals surface area contributed by atoms with Crippen LogP contribution in [0.3, 0.4) is 0 Å². The van der Waals surface area contributed by atoms with Crippen LogP contribution in [0.25, 0.3) is 0 Å². The summed E-state index contributed by atoms with van der Waals surface area (Å²) in [4.78, 5) is 12.1. The molecular weight excluding hydrogens is 314 g/mol. The molecule has 0 aliphatic heterocycles. The number of carbonyl (C=O) groups is 1. The van der Waals surface area contributed by atoms with E-state index in [0.717, 1.165) is 18.6 Å². The summed E-state index contributed by atoms with van der Waals surface area (Å²) in [5.41, 5.74) is 0.569. The van der Waals surface area contributed by atoms with Gasteiger partial charge in [-0.1, -0.05) is 0 Å². The third kappa shape index (κ3) is 4.47. The molecule has 1 saturated carbocycles. The van der Waals surface area contributed by atoms with Crippen molar-refractivity contribution in [2.75, 3.05) is 5.32 Å². The molecular formula is C17H25NO4S. The van der Waals surface area contributed by atoms with Crippen LogP contribution in [0, 0.1) is 0 Å². The first kappa shape index (κ1) is 17.8. The highest BCUT2D eigenvalue weighted by Crippen LogP contribution is 2.25. The zero-order valence-corrected chi connectivity index (χ0v) is 14.7. The number of carbonyl (C=O) groups excluding carboxylic acids is 1. The Balaban J connectivity index is 1.96. The Hall–Kier alpha value is -1.56. The fourth-order valence-electron chi connectivity index (χ4n) is 2.62. The molecule has 5 nitrogen and oxygen atoms in total. The lowest BCUT2D eigenvalue weighted by Crippen LogP contribution is -2.36. The zero-order chi connectivity index (χ0) is 17.0. The summed E-state index contributed by atoms with van der Waals surface area (Å²) >= 11 is 0. The van der Waals surface area contributed by atoms with Gasteiger partial charge in [-0.25, -0.2) is 8.42 Å². The SMILES string of the molecule is CC(C)S(=O)(=O)C(C)C(=O)Nc1ccc(OC2CCCC2)cc1. The van der Waals surface area contributed by atoms with Gasteiger partial charge in [0.05, 0.1) is 11.4 Å². The van der Waals surface area contributed by atoms with Crippen LogP contribution in [0.5, 0.6) is 5.75 Å². The smallest absolute Gasteiger partial charge is 0.242 e. The molecule has 0 bridgehead atoms. The van der Waals surface area contributed by atoms with Gasteiger partial charge in [0, 0.05) is 5.69 Å². The molecule has 0 aromatic heterocycles. The molecule has 128 valence electrons. The molecule has 1 aliphatic rings. The molecule has 2 rings (SSSR count). The topological polar surface area (TPSA) is 72.5 Å². The molecule has 0 saturated heterocycles. The third-order valence-corrected chi connectivity index (χ3v) is 6.76. The van der Waals surface area contributed by atoms with Crippen LogP contribution >= 0.6 is 0 Å². The molecule has 0 radical (unpaired) electrons. The highest BCUT2D eigenvalue weighted by molar-refractivity contribution is 7.93. The fourth-order valence-corrected chi connectivity index (χ4v) is 3.79. The average molecular weight is 339 g/mol. The number of nitrogens with one attached hydrogen (secondary N) is 1. The van der Waals surface area contributed by atoms with Crippen LogP contribution in [0.1, 0.15) is 46.5 Å². The fraction of sp³-hybridized carbons (Fsp3) is 0.588. The number of rotatable bonds is 6. The molecule has 1 fully saturated rings. The van der Waals surface area contributed by atoms with Crippen LogP contribution in [-0.2, 0) is 14.6 Å². The lowest BCUT2D eigenvalue weighted by Gasteiger charge is -2.16. The zero-order valence-electron chi connectivity index (χ0n) is 13.9.